The van der Waals surface area contributed by atoms with Crippen LogP contribution in [-0.4, -0.2) is 68.6 Å². The molecule has 13 heteroatoms. The zero-order valence-electron chi connectivity index (χ0n) is 18.8. The van der Waals surface area contributed by atoms with E-state index in [0.717, 1.165) is 6.07 Å². The van der Waals surface area contributed by atoms with Crippen molar-refractivity contribution in [3.63, 3.8) is 0 Å². The topological polar surface area (TPSA) is 121 Å². The van der Waals surface area contributed by atoms with E-state index < -0.39 is 11.9 Å². The van der Waals surface area contributed by atoms with E-state index in [2.05, 4.69) is 35.6 Å². The Morgan fingerprint density at radius 1 is 1.11 bits per heavy atom. The molecule has 1 aliphatic rings. The molecule has 0 aliphatic carbocycles. The maximum atomic E-state index is 13.1. The fourth-order valence-corrected chi connectivity index (χ4v) is 3.73. The summed E-state index contributed by atoms with van der Waals surface area (Å²) in [6.07, 6.45) is -1.41. The number of carbonyl (C=O) groups is 1. The number of alkyl halides is 3. The first-order chi connectivity index (χ1) is 17.3. The van der Waals surface area contributed by atoms with Crippen molar-refractivity contribution < 1.29 is 22.7 Å². The number of H-pyrrole nitrogens is 1. The summed E-state index contributed by atoms with van der Waals surface area (Å²) in [5.74, 6) is 0.519. The highest BCUT2D eigenvalue weighted by atomic mass is 19.4. The van der Waals surface area contributed by atoms with Crippen LogP contribution in [0.4, 0.5) is 30.5 Å². The molecule has 0 bridgehead atoms. The van der Waals surface area contributed by atoms with Gasteiger partial charge in [-0.1, -0.05) is 6.07 Å². The molecule has 10 nitrogen and oxygen atoms in total. The summed E-state index contributed by atoms with van der Waals surface area (Å²) in [4.78, 5) is 34.0. The maximum absolute atomic E-state index is 13.1. The Morgan fingerprint density at radius 2 is 1.94 bits per heavy atom. The first-order valence-electron chi connectivity index (χ1n) is 11.1. The predicted octanol–water partition coefficient (Wildman–Crippen LogP) is 3.45. The van der Waals surface area contributed by atoms with E-state index in [1.54, 1.807) is 24.4 Å². The van der Waals surface area contributed by atoms with Gasteiger partial charge in [0, 0.05) is 37.2 Å². The van der Waals surface area contributed by atoms with Gasteiger partial charge in [0.1, 0.15) is 28.7 Å². The van der Waals surface area contributed by atoms with Gasteiger partial charge in [-0.3, -0.25) is 9.69 Å². The van der Waals surface area contributed by atoms with E-state index in [4.69, 9.17) is 4.74 Å². The molecule has 0 atom stereocenters. The number of fused-ring (bicyclic) bond motifs is 1. The van der Waals surface area contributed by atoms with Gasteiger partial charge in [-0.15, -0.1) is 0 Å². The zero-order valence-corrected chi connectivity index (χ0v) is 18.8. The van der Waals surface area contributed by atoms with Crippen LogP contribution < -0.4 is 10.6 Å². The highest BCUT2D eigenvalue weighted by molar-refractivity contribution is 5.93. The number of morpholine rings is 1. The van der Waals surface area contributed by atoms with Crippen LogP contribution in [0.25, 0.3) is 22.6 Å². The Bertz CT molecular complexity index is 1390. The molecule has 3 N–H and O–H groups in total. The fraction of sp³-hybridized carbons (Fsp3) is 0.261. The van der Waals surface area contributed by atoms with E-state index in [1.165, 1.54) is 18.3 Å². The molecule has 0 radical (unpaired) electrons. The lowest BCUT2D eigenvalue weighted by atomic mass is 10.2. The minimum atomic E-state index is -4.59. The van der Waals surface area contributed by atoms with Crippen LogP contribution in [0.1, 0.15) is 5.69 Å². The number of amides is 1. The Labute approximate surface area is 202 Å². The SMILES string of the molecule is O=C(CN1CCOCC1)Nc1cc(Nc2nc(-c3cccc(C(F)(F)F)n3)nc3[nH]ccc23)ccn1. The molecule has 5 rings (SSSR count). The lowest BCUT2D eigenvalue weighted by Gasteiger charge is -2.25. The van der Waals surface area contributed by atoms with Crippen LogP contribution in [0.2, 0.25) is 0 Å². The van der Waals surface area contributed by atoms with Gasteiger partial charge in [0.25, 0.3) is 0 Å². The molecule has 186 valence electrons. The number of halogens is 3. The molecule has 36 heavy (non-hydrogen) atoms. The number of ether oxygens (including phenoxy) is 1. The summed E-state index contributed by atoms with van der Waals surface area (Å²) in [7, 11) is 0. The highest BCUT2D eigenvalue weighted by Gasteiger charge is 2.32. The van der Waals surface area contributed by atoms with Gasteiger partial charge < -0.3 is 20.4 Å². The second-order valence-electron chi connectivity index (χ2n) is 8.03. The number of rotatable bonds is 6. The molecule has 4 aromatic heterocycles. The zero-order chi connectivity index (χ0) is 25.1. The Kier molecular flexibility index (Phi) is 6.48. The third-order valence-corrected chi connectivity index (χ3v) is 5.45. The van der Waals surface area contributed by atoms with Gasteiger partial charge in [-0.05, 0) is 24.3 Å². The number of anilines is 3. The number of nitrogens with zero attached hydrogens (tertiary/aromatic N) is 5. The van der Waals surface area contributed by atoms with Gasteiger partial charge in [0.2, 0.25) is 5.91 Å². The first-order valence-corrected chi connectivity index (χ1v) is 11.1. The quantitative estimate of drug-likeness (QED) is 0.370. The smallest absolute Gasteiger partial charge is 0.379 e. The summed E-state index contributed by atoms with van der Waals surface area (Å²) in [5.41, 5.74) is -0.0583. The van der Waals surface area contributed by atoms with Crippen molar-refractivity contribution in [3.8, 4) is 11.5 Å². The van der Waals surface area contributed by atoms with Crippen LogP contribution in [0.5, 0.6) is 0 Å². The molecule has 5 heterocycles. The number of aromatic amines is 1. The summed E-state index contributed by atoms with van der Waals surface area (Å²) in [6.45, 7) is 2.79. The maximum Gasteiger partial charge on any atom is 0.433 e. The molecule has 0 unspecified atom stereocenters. The number of nitrogens with one attached hydrogen (secondary N) is 3. The standard InChI is InChI=1S/C23H21F3N8O2/c24-23(25,26)17-3-1-2-16(30-17)22-32-20-15(5-7-28-20)21(33-22)29-14-4-6-27-18(12-14)31-19(35)13-34-8-10-36-11-9-34/h1-7,12H,8-11,13H2,(H3,27,28,29,31,32,33,35). The van der Waals surface area contributed by atoms with E-state index >= 15 is 0 Å². The number of pyridine rings is 2. The number of hydrogen-bond acceptors (Lipinski definition) is 8. The second-order valence-corrected chi connectivity index (χ2v) is 8.03. The van der Waals surface area contributed by atoms with Crippen LogP contribution in [0, 0.1) is 0 Å². The lowest BCUT2D eigenvalue weighted by molar-refractivity contribution is -0.141. The highest BCUT2D eigenvalue weighted by Crippen LogP contribution is 2.30. The summed E-state index contributed by atoms with van der Waals surface area (Å²) >= 11 is 0. The molecule has 4 aromatic rings. The molecule has 0 spiro atoms. The first kappa shape index (κ1) is 23.6. The monoisotopic (exact) mass is 498 g/mol. The summed E-state index contributed by atoms with van der Waals surface area (Å²) < 4.78 is 44.7. The number of carbonyl (C=O) groups excluding carboxylic acids is 1. The van der Waals surface area contributed by atoms with E-state index in [9.17, 15) is 18.0 Å². The third kappa shape index (κ3) is 5.42. The van der Waals surface area contributed by atoms with Crippen molar-refractivity contribution in [1.82, 2.24) is 29.8 Å². The molecule has 0 aromatic carbocycles. The van der Waals surface area contributed by atoms with Crippen molar-refractivity contribution in [2.75, 3.05) is 43.5 Å². The van der Waals surface area contributed by atoms with Crippen molar-refractivity contribution in [3.05, 3.63) is 54.5 Å². The van der Waals surface area contributed by atoms with Gasteiger partial charge >= 0.3 is 6.18 Å². The molecule has 1 amide bonds. The molecule has 1 fully saturated rings. The average molecular weight is 498 g/mol. The number of hydrogen-bond donors (Lipinski definition) is 3. The molecular formula is C23H21F3N8O2. The number of aromatic nitrogens is 5. The minimum Gasteiger partial charge on any atom is -0.379 e. The van der Waals surface area contributed by atoms with E-state index in [0.29, 0.717) is 54.7 Å². The van der Waals surface area contributed by atoms with Crippen LogP contribution >= 0.6 is 0 Å². The lowest BCUT2D eigenvalue weighted by Crippen LogP contribution is -2.41. The fourth-order valence-electron chi connectivity index (χ4n) is 3.73. The summed E-state index contributed by atoms with van der Waals surface area (Å²) in [5, 5.41) is 6.55. The minimum absolute atomic E-state index is 0.0184. The van der Waals surface area contributed by atoms with E-state index in [1.807, 2.05) is 4.90 Å². The van der Waals surface area contributed by atoms with Gasteiger partial charge in [0.05, 0.1) is 25.1 Å². The molecule has 1 saturated heterocycles. The summed E-state index contributed by atoms with van der Waals surface area (Å²) in [6, 6.07) is 8.63. The van der Waals surface area contributed by atoms with Gasteiger partial charge in [-0.25, -0.2) is 19.9 Å². The van der Waals surface area contributed by atoms with Gasteiger partial charge in [0.15, 0.2) is 5.82 Å². The van der Waals surface area contributed by atoms with Crippen LogP contribution in [0.15, 0.2) is 48.8 Å². The third-order valence-electron chi connectivity index (χ3n) is 5.45. The van der Waals surface area contributed by atoms with Gasteiger partial charge in [-0.2, -0.15) is 13.2 Å². The Hall–Kier alpha value is -4.10. The van der Waals surface area contributed by atoms with Crippen molar-refractivity contribution >= 4 is 34.3 Å². The largest absolute Gasteiger partial charge is 0.433 e. The van der Waals surface area contributed by atoms with Crippen LogP contribution in [0.3, 0.4) is 0 Å². The van der Waals surface area contributed by atoms with E-state index in [-0.39, 0.29) is 24.0 Å². The molecule has 1 aliphatic heterocycles. The van der Waals surface area contributed by atoms with Crippen molar-refractivity contribution in [1.29, 1.82) is 0 Å². The second kappa shape index (κ2) is 9.87. The predicted molar refractivity (Wildman–Crippen MR) is 126 cm³/mol. The Balaban J connectivity index is 1.38. The van der Waals surface area contributed by atoms with Crippen molar-refractivity contribution in [2.24, 2.45) is 0 Å². The average Bonchev–Trinajstić information content (AvgIpc) is 3.34. The Morgan fingerprint density at radius 3 is 2.75 bits per heavy atom. The van der Waals surface area contributed by atoms with Crippen molar-refractivity contribution in [2.45, 2.75) is 6.18 Å². The van der Waals surface area contributed by atoms with Crippen LogP contribution in [-0.2, 0) is 15.7 Å². The normalized spacial score (nSPS) is 14.6. The molecular weight excluding hydrogens is 477 g/mol. The molecule has 0 saturated carbocycles.